The van der Waals surface area contributed by atoms with E-state index in [1.165, 1.54) is 24.2 Å². The molecule has 10 heteroatoms. The van der Waals surface area contributed by atoms with Crippen molar-refractivity contribution in [3.8, 4) is 10.6 Å². The van der Waals surface area contributed by atoms with Gasteiger partial charge in [-0.1, -0.05) is 0 Å². The molecule has 1 fully saturated rings. The van der Waals surface area contributed by atoms with Crippen LogP contribution in [-0.2, 0) is 11.3 Å². The SMILES string of the molecule is CC(C)(C)OC(=O)NCc1ccc(-c2cnc3ccc(NC(=S)NCC4CC4)nc3n2)s1. The van der Waals surface area contributed by atoms with Crippen LogP contribution in [0, 0.1) is 5.92 Å². The maximum Gasteiger partial charge on any atom is 0.407 e. The lowest BCUT2D eigenvalue weighted by Gasteiger charge is -2.19. The summed E-state index contributed by atoms with van der Waals surface area (Å²) < 4.78 is 5.27. The molecule has 4 rings (SSSR count). The normalized spacial score (nSPS) is 13.6. The van der Waals surface area contributed by atoms with Gasteiger partial charge in [-0.25, -0.2) is 14.8 Å². The van der Waals surface area contributed by atoms with Gasteiger partial charge in [0.1, 0.15) is 22.6 Å². The number of rotatable bonds is 6. The van der Waals surface area contributed by atoms with Gasteiger partial charge in [0.05, 0.1) is 17.6 Å². The van der Waals surface area contributed by atoms with Crippen LogP contribution in [0.5, 0.6) is 0 Å². The van der Waals surface area contributed by atoms with E-state index >= 15 is 0 Å². The Balaban J connectivity index is 1.41. The first-order valence-electron chi connectivity index (χ1n) is 10.5. The van der Waals surface area contributed by atoms with E-state index in [2.05, 4.69) is 30.9 Å². The van der Waals surface area contributed by atoms with Crippen LogP contribution < -0.4 is 16.0 Å². The summed E-state index contributed by atoms with van der Waals surface area (Å²) in [5.74, 6) is 1.37. The predicted octanol–water partition coefficient (Wildman–Crippen LogP) is 4.47. The number of alkyl carbamates (subject to hydrolysis) is 1. The number of nitrogens with zero attached hydrogens (tertiary/aromatic N) is 3. The number of anilines is 1. The lowest BCUT2D eigenvalue weighted by Crippen LogP contribution is -2.31. The molecular weight excluding hydrogens is 444 g/mol. The van der Waals surface area contributed by atoms with E-state index in [9.17, 15) is 4.79 Å². The number of thiophene rings is 1. The van der Waals surface area contributed by atoms with Crippen LogP contribution in [0.25, 0.3) is 21.7 Å². The Hall–Kier alpha value is -2.85. The van der Waals surface area contributed by atoms with Gasteiger partial charge >= 0.3 is 6.09 Å². The third-order valence-electron chi connectivity index (χ3n) is 4.62. The minimum atomic E-state index is -0.525. The fraction of sp³-hybridized carbons (Fsp3) is 0.409. The van der Waals surface area contributed by atoms with Gasteiger partial charge in [-0.3, -0.25) is 4.98 Å². The minimum absolute atomic E-state index is 0.387. The quantitative estimate of drug-likeness (QED) is 0.454. The van der Waals surface area contributed by atoms with Crippen LogP contribution in [0.1, 0.15) is 38.5 Å². The molecule has 168 valence electrons. The molecule has 3 aromatic rings. The Morgan fingerprint density at radius 2 is 2.00 bits per heavy atom. The van der Waals surface area contributed by atoms with Gasteiger partial charge in [-0.05, 0) is 76.0 Å². The second-order valence-corrected chi connectivity index (χ2v) is 10.3. The van der Waals surface area contributed by atoms with Crippen molar-refractivity contribution in [3.05, 3.63) is 35.3 Å². The lowest BCUT2D eigenvalue weighted by molar-refractivity contribution is 0.0524. The van der Waals surface area contributed by atoms with E-state index in [-0.39, 0.29) is 0 Å². The largest absolute Gasteiger partial charge is 0.444 e. The van der Waals surface area contributed by atoms with E-state index in [1.807, 2.05) is 45.0 Å². The second kappa shape index (κ2) is 9.33. The molecule has 0 aromatic carbocycles. The zero-order valence-electron chi connectivity index (χ0n) is 18.3. The van der Waals surface area contributed by atoms with E-state index in [4.69, 9.17) is 17.0 Å². The van der Waals surface area contributed by atoms with Crippen LogP contribution in [0.2, 0.25) is 0 Å². The Bertz CT molecular complexity index is 1140. The van der Waals surface area contributed by atoms with Crippen LogP contribution in [0.3, 0.4) is 0 Å². The van der Waals surface area contributed by atoms with Gasteiger partial charge in [0, 0.05) is 11.4 Å². The number of pyridine rings is 1. The van der Waals surface area contributed by atoms with Crippen molar-refractivity contribution in [1.82, 2.24) is 25.6 Å². The number of aromatic nitrogens is 3. The van der Waals surface area contributed by atoms with Gasteiger partial charge in [-0.15, -0.1) is 11.3 Å². The highest BCUT2D eigenvalue weighted by atomic mass is 32.1. The van der Waals surface area contributed by atoms with Crippen LogP contribution >= 0.6 is 23.6 Å². The Morgan fingerprint density at radius 1 is 1.19 bits per heavy atom. The molecule has 3 N–H and O–H groups in total. The molecule has 0 bridgehead atoms. The van der Waals surface area contributed by atoms with Crippen molar-refractivity contribution in [1.29, 1.82) is 0 Å². The average Bonchev–Trinajstić information content (AvgIpc) is 3.44. The molecule has 1 saturated carbocycles. The molecule has 3 aromatic heterocycles. The molecule has 1 aliphatic carbocycles. The van der Waals surface area contributed by atoms with Gasteiger partial charge in [0.2, 0.25) is 0 Å². The fourth-order valence-corrected chi connectivity index (χ4v) is 3.98. The van der Waals surface area contributed by atoms with E-state index in [0.29, 0.717) is 28.6 Å². The Kier molecular flexibility index (Phi) is 6.52. The molecule has 0 aliphatic heterocycles. The summed E-state index contributed by atoms with van der Waals surface area (Å²) in [6.07, 6.45) is 3.83. The van der Waals surface area contributed by atoms with Gasteiger partial charge in [-0.2, -0.15) is 0 Å². The number of carbonyl (C=O) groups excluding carboxylic acids is 1. The molecule has 0 radical (unpaired) electrons. The number of hydrogen-bond donors (Lipinski definition) is 3. The van der Waals surface area contributed by atoms with Crippen LogP contribution in [0.4, 0.5) is 10.6 Å². The zero-order chi connectivity index (χ0) is 22.7. The topological polar surface area (TPSA) is 101 Å². The molecule has 0 atom stereocenters. The molecule has 1 aliphatic rings. The fourth-order valence-electron chi connectivity index (χ4n) is 2.89. The molecule has 3 heterocycles. The van der Waals surface area contributed by atoms with Crippen molar-refractivity contribution in [2.45, 2.75) is 45.8 Å². The zero-order valence-corrected chi connectivity index (χ0v) is 19.9. The second-order valence-electron chi connectivity index (χ2n) is 8.69. The van der Waals surface area contributed by atoms with Crippen molar-refractivity contribution in [2.24, 2.45) is 5.92 Å². The van der Waals surface area contributed by atoms with E-state index < -0.39 is 11.7 Å². The first-order chi connectivity index (χ1) is 15.2. The smallest absolute Gasteiger partial charge is 0.407 e. The monoisotopic (exact) mass is 470 g/mol. The van der Waals surface area contributed by atoms with Gasteiger partial charge in [0.25, 0.3) is 0 Å². The minimum Gasteiger partial charge on any atom is -0.444 e. The molecule has 0 saturated heterocycles. The van der Waals surface area contributed by atoms with Crippen molar-refractivity contribution in [2.75, 3.05) is 11.9 Å². The Labute approximate surface area is 196 Å². The summed E-state index contributed by atoms with van der Waals surface area (Å²) in [5.41, 5.74) is 1.45. The predicted molar refractivity (Wildman–Crippen MR) is 131 cm³/mol. The standard InChI is InChI=1S/C22H26N6O2S2/c1-22(2,3)30-21(29)25-11-14-6-8-17(32-14)16-12-23-15-7-9-18(27-19(15)26-16)28-20(31)24-10-13-4-5-13/h6-9,12-13H,4-5,10-11H2,1-3H3,(H,25,29)(H2,24,26,27,28,31). The van der Waals surface area contributed by atoms with Crippen molar-refractivity contribution in [3.63, 3.8) is 0 Å². The number of nitrogens with one attached hydrogen (secondary N) is 3. The molecule has 32 heavy (non-hydrogen) atoms. The third-order valence-corrected chi connectivity index (χ3v) is 5.97. The summed E-state index contributed by atoms with van der Waals surface area (Å²) in [7, 11) is 0. The third kappa shape index (κ3) is 6.33. The number of ether oxygens (including phenoxy) is 1. The number of thiocarbonyl (C=S) groups is 1. The van der Waals surface area contributed by atoms with E-state index in [0.717, 1.165) is 27.9 Å². The molecular formula is C22H26N6O2S2. The summed E-state index contributed by atoms with van der Waals surface area (Å²) in [6.45, 7) is 6.79. The number of hydrogen-bond acceptors (Lipinski definition) is 7. The summed E-state index contributed by atoms with van der Waals surface area (Å²) in [6, 6.07) is 7.63. The first-order valence-corrected chi connectivity index (χ1v) is 11.7. The first kappa shape index (κ1) is 22.3. The van der Waals surface area contributed by atoms with Crippen LogP contribution in [-0.4, -0.2) is 38.3 Å². The number of amides is 1. The highest BCUT2D eigenvalue weighted by Gasteiger charge is 2.21. The highest BCUT2D eigenvalue weighted by Crippen LogP contribution is 2.28. The number of fused-ring (bicyclic) bond motifs is 1. The lowest BCUT2D eigenvalue weighted by atomic mass is 10.2. The Morgan fingerprint density at radius 3 is 2.75 bits per heavy atom. The molecule has 1 amide bonds. The van der Waals surface area contributed by atoms with Crippen molar-refractivity contribution < 1.29 is 9.53 Å². The summed E-state index contributed by atoms with van der Waals surface area (Å²) in [5, 5.41) is 9.67. The van der Waals surface area contributed by atoms with E-state index in [1.54, 1.807) is 6.20 Å². The maximum absolute atomic E-state index is 11.9. The summed E-state index contributed by atoms with van der Waals surface area (Å²) >= 11 is 6.88. The molecule has 8 nitrogen and oxygen atoms in total. The number of carbonyl (C=O) groups is 1. The highest BCUT2D eigenvalue weighted by molar-refractivity contribution is 7.80. The van der Waals surface area contributed by atoms with Gasteiger partial charge in [0.15, 0.2) is 10.8 Å². The summed E-state index contributed by atoms with van der Waals surface area (Å²) in [4.78, 5) is 27.5. The average molecular weight is 471 g/mol. The van der Waals surface area contributed by atoms with Gasteiger partial charge < -0.3 is 20.7 Å². The van der Waals surface area contributed by atoms with Crippen LogP contribution in [0.15, 0.2) is 30.5 Å². The maximum atomic E-state index is 11.9. The molecule has 0 spiro atoms. The molecule has 0 unspecified atom stereocenters. The van der Waals surface area contributed by atoms with Crippen molar-refractivity contribution >= 4 is 51.7 Å².